The molecule has 0 amide bonds. The first-order valence-corrected chi connectivity index (χ1v) is 8.49. The Morgan fingerprint density at radius 2 is 1.35 bits per heavy atom. The standard InChI is InChI=1S/C17H33N3/c1-20(2)15-14-19-17(16-18)12-10-8-6-4-3-5-7-9-11-13-17/h19H,3-15H2,1-2H3. The van der Waals surface area contributed by atoms with Crippen LogP contribution in [0.15, 0.2) is 0 Å². The molecule has 0 bridgehead atoms. The van der Waals surface area contributed by atoms with Gasteiger partial charge in [-0.3, -0.25) is 5.32 Å². The number of nitrogens with one attached hydrogen (secondary N) is 1. The van der Waals surface area contributed by atoms with Gasteiger partial charge in [0.15, 0.2) is 0 Å². The van der Waals surface area contributed by atoms with Gasteiger partial charge in [0.05, 0.1) is 6.07 Å². The van der Waals surface area contributed by atoms with Gasteiger partial charge in [0, 0.05) is 13.1 Å². The minimum atomic E-state index is -0.269. The maximum atomic E-state index is 9.69. The lowest BCUT2D eigenvalue weighted by Gasteiger charge is -2.29. The molecule has 0 heterocycles. The number of rotatable bonds is 4. The van der Waals surface area contributed by atoms with Crippen LogP contribution in [-0.2, 0) is 0 Å². The lowest BCUT2D eigenvalue weighted by Crippen LogP contribution is -2.46. The van der Waals surface area contributed by atoms with Crippen molar-refractivity contribution in [1.82, 2.24) is 10.2 Å². The molecule has 3 heteroatoms. The van der Waals surface area contributed by atoms with E-state index in [2.05, 4.69) is 30.4 Å². The zero-order chi connectivity index (χ0) is 14.7. The third-order valence-corrected chi connectivity index (χ3v) is 4.44. The molecular weight excluding hydrogens is 246 g/mol. The Labute approximate surface area is 125 Å². The van der Waals surface area contributed by atoms with Crippen LogP contribution >= 0.6 is 0 Å². The van der Waals surface area contributed by atoms with Crippen LogP contribution in [0.3, 0.4) is 0 Å². The molecule has 0 unspecified atom stereocenters. The molecular formula is C17H33N3. The monoisotopic (exact) mass is 279 g/mol. The van der Waals surface area contributed by atoms with Crippen LogP contribution < -0.4 is 5.32 Å². The minimum Gasteiger partial charge on any atom is -0.308 e. The van der Waals surface area contributed by atoms with Crippen LogP contribution in [0.1, 0.15) is 70.6 Å². The third-order valence-electron chi connectivity index (χ3n) is 4.44. The molecule has 0 spiro atoms. The fourth-order valence-electron chi connectivity index (χ4n) is 3.06. The van der Waals surface area contributed by atoms with E-state index in [0.717, 1.165) is 25.9 Å². The average Bonchev–Trinajstić information content (AvgIpc) is 2.41. The summed E-state index contributed by atoms with van der Waals surface area (Å²) in [5.41, 5.74) is -0.269. The van der Waals surface area contributed by atoms with E-state index in [4.69, 9.17) is 0 Å². The van der Waals surface area contributed by atoms with Gasteiger partial charge in [-0.05, 0) is 26.9 Å². The molecule has 0 atom stereocenters. The summed E-state index contributed by atoms with van der Waals surface area (Å²) in [5, 5.41) is 13.3. The highest BCUT2D eigenvalue weighted by atomic mass is 15.1. The van der Waals surface area contributed by atoms with Crippen LogP contribution in [0.4, 0.5) is 0 Å². The summed E-state index contributed by atoms with van der Waals surface area (Å²) in [6, 6.07) is 2.61. The number of hydrogen-bond acceptors (Lipinski definition) is 3. The van der Waals surface area contributed by atoms with Crippen molar-refractivity contribution >= 4 is 0 Å². The summed E-state index contributed by atoms with van der Waals surface area (Å²) in [6.45, 7) is 1.92. The van der Waals surface area contributed by atoms with Gasteiger partial charge in [-0.15, -0.1) is 0 Å². The van der Waals surface area contributed by atoms with Crippen molar-refractivity contribution in [3.63, 3.8) is 0 Å². The fourth-order valence-corrected chi connectivity index (χ4v) is 3.06. The minimum absolute atomic E-state index is 0.269. The molecule has 1 fully saturated rings. The predicted molar refractivity (Wildman–Crippen MR) is 85.7 cm³/mol. The van der Waals surface area contributed by atoms with Crippen LogP contribution in [0.5, 0.6) is 0 Å². The Morgan fingerprint density at radius 1 is 0.900 bits per heavy atom. The summed E-state index contributed by atoms with van der Waals surface area (Å²) in [4.78, 5) is 2.17. The number of nitrogens with zero attached hydrogens (tertiary/aromatic N) is 2. The fraction of sp³-hybridized carbons (Fsp3) is 0.941. The molecule has 1 rings (SSSR count). The Morgan fingerprint density at radius 3 is 1.75 bits per heavy atom. The zero-order valence-electron chi connectivity index (χ0n) is 13.6. The summed E-state index contributed by atoms with van der Waals surface area (Å²) in [6.07, 6.45) is 13.9. The third kappa shape index (κ3) is 7.26. The number of nitriles is 1. The molecule has 116 valence electrons. The highest BCUT2D eigenvalue weighted by molar-refractivity contribution is 5.06. The summed E-state index contributed by atoms with van der Waals surface area (Å²) < 4.78 is 0. The Bertz CT molecular complexity index is 268. The topological polar surface area (TPSA) is 39.1 Å². The first-order valence-electron chi connectivity index (χ1n) is 8.49. The molecule has 1 aliphatic carbocycles. The second kappa shape index (κ2) is 10.2. The van der Waals surface area contributed by atoms with Gasteiger partial charge in [0.25, 0.3) is 0 Å². The van der Waals surface area contributed by atoms with Crippen molar-refractivity contribution in [2.75, 3.05) is 27.2 Å². The van der Waals surface area contributed by atoms with Crippen molar-refractivity contribution in [3.05, 3.63) is 0 Å². The van der Waals surface area contributed by atoms with Gasteiger partial charge in [-0.2, -0.15) is 5.26 Å². The lowest BCUT2D eigenvalue weighted by molar-refractivity contribution is 0.306. The lowest BCUT2D eigenvalue weighted by atomic mass is 9.86. The van der Waals surface area contributed by atoms with Crippen molar-refractivity contribution in [1.29, 1.82) is 5.26 Å². The van der Waals surface area contributed by atoms with Crippen molar-refractivity contribution < 1.29 is 0 Å². The summed E-state index contributed by atoms with van der Waals surface area (Å²) in [7, 11) is 4.17. The van der Waals surface area contributed by atoms with Gasteiger partial charge in [0.1, 0.15) is 5.54 Å². The zero-order valence-corrected chi connectivity index (χ0v) is 13.6. The molecule has 0 aliphatic heterocycles. The largest absolute Gasteiger partial charge is 0.308 e. The van der Waals surface area contributed by atoms with Gasteiger partial charge >= 0.3 is 0 Å². The van der Waals surface area contributed by atoms with Gasteiger partial charge < -0.3 is 4.90 Å². The Hall–Kier alpha value is -0.590. The smallest absolute Gasteiger partial charge is 0.106 e. The molecule has 0 radical (unpaired) electrons. The maximum Gasteiger partial charge on any atom is 0.106 e. The van der Waals surface area contributed by atoms with Gasteiger partial charge in [-0.1, -0.05) is 57.8 Å². The molecule has 1 saturated carbocycles. The van der Waals surface area contributed by atoms with E-state index in [1.165, 1.54) is 57.8 Å². The van der Waals surface area contributed by atoms with E-state index in [9.17, 15) is 5.26 Å². The first-order chi connectivity index (χ1) is 9.68. The van der Waals surface area contributed by atoms with E-state index in [1.807, 2.05) is 0 Å². The predicted octanol–water partition coefficient (Wildman–Crippen LogP) is 3.70. The van der Waals surface area contributed by atoms with Crippen LogP contribution in [-0.4, -0.2) is 37.6 Å². The maximum absolute atomic E-state index is 9.69. The second-order valence-electron chi connectivity index (χ2n) is 6.61. The molecule has 0 aromatic heterocycles. The molecule has 20 heavy (non-hydrogen) atoms. The normalized spacial score (nSPS) is 21.7. The van der Waals surface area contributed by atoms with Crippen LogP contribution in [0.2, 0.25) is 0 Å². The summed E-state index contributed by atoms with van der Waals surface area (Å²) >= 11 is 0. The molecule has 1 N–H and O–H groups in total. The SMILES string of the molecule is CN(C)CCNC1(C#N)CCCCCCCCCCC1. The average molecular weight is 279 g/mol. The van der Waals surface area contributed by atoms with Crippen molar-refractivity contribution in [2.45, 2.75) is 76.2 Å². The van der Waals surface area contributed by atoms with E-state index < -0.39 is 0 Å². The van der Waals surface area contributed by atoms with E-state index >= 15 is 0 Å². The van der Waals surface area contributed by atoms with Crippen molar-refractivity contribution in [2.24, 2.45) is 0 Å². The van der Waals surface area contributed by atoms with Gasteiger partial charge in [0.2, 0.25) is 0 Å². The van der Waals surface area contributed by atoms with Crippen molar-refractivity contribution in [3.8, 4) is 6.07 Å². The highest BCUT2D eigenvalue weighted by Crippen LogP contribution is 2.24. The highest BCUT2D eigenvalue weighted by Gasteiger charge is 2.28. The van der Waals surface area contributed by atoms with E-state index in [-0.39, 0.29) is 5.54 Å². The molecule has 0 aromatic carbocycles. The molecule has 1 aliphatic rings. The summed E-state index contributed by atoms with van der Waals surface area (Å²) in [5.74, 6) is 0. The van der Waals surface area contributed by atoms with Gasteiger partial charge in [-0.25, -0.2) is 0 Å². The Balaban J connectivity index is 2.49. The molecule has 3 nitrogen and oxygen atoms in total. The van der Waals surface area contributed by atoms with E-state index in [1.54, 1.807) is 0 Å². The number of hydrogen-bond donors (Lipinski definition) is 1. The van der Waals surface area contributed by atoms with Crippen LogP contribution in [0.25, 0.3) is 0 Å². The first kappa shape index (κ1) is 17.5. The number of likely N-dealkylation sites (N-methyl/N-ethyl adjacent to an activating group) is 1. The Kier molecular flexibility index (Phi) is 8.89. The van der Waals surface area contributed by atoms with Crippen LogP contribution in [0, 0.1) is 11.3 Å². The quantitative estimate of drug-likeness (QED) is 0.852. The van der Waals surface area contributed by atoms with E-state index in [0.29, 0.717) is 0 Å². The molecule has 0 aromatic rings. The second-order valence-corrected chi connectivity index (χ2v) is 6.61. The molecule has 0 saturated heterocycles.